The molecule has 0 spiro atoms. The van der Waals surface area contributed by atoms with Crippen molar-refractivity contribution in [2.75, 3.05) is 32.3 Å². The van der Waals surface area contributed by atoms with Crippen LogP contribution in [0.2, 0.25) is 0 Å². The second-order valence-corrected chi connectivity index (χ2v) is 5.66. The van der Waals surface area contributed by atoms with Crippen LogP contribution in [0.15, 0.2) is 18.2 Å². The number of ether oxygens (including phenoxy) is 2. The summed E-state index contributed by atoms with van der Waals surface area (Å²) in [6.45, 7) is 1.93. The number of hydrogen-bond acceptors (Lipinski definition) is 4. The lowest BCUT2D eigenvalue weighted by Gasteiger charge is -2.14. The number of nitrogens with one attached hydrogen (secondary N) is 1. The van der Waals surface area contributed by atoms with E-state index >= 15 is 0 Å². The number of benzene rings is 1. The smallest absolute Gasteiger partial charge is 0.165 e. The highest BCUT2D eigenvalue weighted by Crippen LogP contribution is 2.30. The maximum absolute atomic E-state index is 5.42. The second-order valence-electron chi connectivity index (χ2n) is 4.51. The summed E-state index contributed by atoms with van der Waals surface area (Å²) < 4.78 is 10.7. The maximum Gasteiger partial charge on any atom is 0.165 e. The van der Waals surface area contributed by atoms with Crippen molar-refractivity contribution in [2.45, 2.75) is 13.0 Å². The van der Waals surface area contributed by atoms with Gasteiger partial charge < -0.3 is 14.8 Å². The van der Waals surface area contributed by atoms with Crippen molar-refractivity contribution in [2.24, 2.45) is 5.92 Å². The van der Waals surface area contributed by atoms with Crippen molar-refractivity contribution < 1.29 is 9.47 Å². The molecule has 2 rings (SSSR count). The first-order chi connectivity index (χ1) is 8.85. The lowest BCUT2D eigenvalue weighted by molar-refractivity contribution is 0.350. The van der Waals surface area contributed by atoms with Crippen LogP contribution in [0.5, 0.6) is 11.5 Å². The average Bonchev–Trinajstić information content (AvgIpc) is 2.91. The van der Waals surface area contributed by atoms with Crippen LogP contribution < -0.4 is 14.8 Å². The van der Waals surface area contributed by atoms with Crippen molar-refractivity contribution in [3.8, 4) is 11.5 Å². The van der Waals surface area contributed by atoms with E-state index in [2.05, 4.69) is 23.1 Å². The molecule has 1 aliphatic rings. The molecular formula is C14H21NO2S. The molecule has 3 nitrogen and oxygen atoms in total. The van der Waals surface area contributed by atoms with Gasteiger partial charge in [0.15, 0.2) is 11.5 Å². The Morgan fingerprint density at radius 2 is 2.22 bits per heavy atom. The van der Waals surface area contributed by atoms with Gasteiger partial charge in [-0.3, -0.25) is 0 Å². The molecule has 0 saturated carbocycles. The molecule has 18 heavy (non-hydrogen) atoms. The molecule has 0 aliphatic carbocycles. The lowest BCUT2D eigenvalue weighted by Crippen LogP contribution is -2.22. The predicted octanol–water partition coefficient (Wildman–Crippen LogP) is 2.55. The lowest BCUT2D eigenvalue weighted by atomic mass is 10.1. The molecule has 1 saturated heterocycles. The molecule has 1 atom stereocenters. The summed E-state index contributed by atoms with van der Waals surface area (Å²) in [6, 6.07) is 6.01. The Hall–Kier alpha value is -0.870. The van der Waals surface area contributed by atoms with E-state index in [0.29, 0.717) is 0 Å². The molecule has 1 aromatic rings. The quantitative estimate of drug-likeness (QED) is 0.858. The van der Waals surface area contributed by atoms with E-state index in [0.717, 1.165) is 36.1 Å². The van der Waals surface area contributed by atoms with Gasteiger partial charge in [-0.2, -0.15) is 11.8 Å². The highest BCUT2D eigenvalue weighted by atomic mass is 32.2. The van der Waals surface area contributed by atoms with Crippen LogP contribution in [0.4, 0.5) is 0 Å². The van der Waals surface area contributed by atoms with Gasteiger partial charge in [0.05, 0.1) is 14.2 Å². The number of hydrogen-bond donors (Lipinski definition) is 1. The Morgan fingerprint density at radius 3 is 2.89 bits per heavy atom. The zero-order chi connectivity index (χ0) is 12.8. The van der Waals surface area contributed by atoms with Crippen molar-refractivity contribution >= 4 is 11.8 Å². The summed E-state index contributed by atoms with van der Waals surface area (Å²) >= 11 is 2.06. The highest BCUT2D eigenvalue weighted by molar-refractivity contribution is 7.99. The Bertz CT molecular complexity index is 378. The Kier molecular flexibility index (Phi) is 5.20. The summed E-state index contributed by atoms with van der Waals surface area (Å²) in [5.41, 5.74) is 1.16. The van der Waals surface area contributed by atoms with Gasteiger partial charge in [-0.25, -0.2) is 0 Å². The van der Waals surface area contributed by atoms with Crippen LogP contribution in [-0.4, -0.2) is 32.3 Å². The number of para-hydroxylation sites is 1. The average molecular weight is 267 g/mol. The van der Waals surface area contributed by atoms with Gasteiger partial charge in [0.1, 0.15) is 0 Å². The van der Waals surface area contributed by atoms with E-state index in [9.17, 15) is 0 Å². The molecule has 1 fully saturated rings. The first-order valence-corrected chi connectivity index (χ1v) is 7.49. The molecule has 1 aromatic carbocycles. The fraction of sp³-hybridized carbons (Fsp3) is 0.571. The molecule has 1 heterocycles. The van der Waals surface area contributed by atoms with E-state index in [1.54, 1.807) is 14.2 Å². The van der Waals surface area contributed by atoms with Gasteiger partial charge in [-0.15, -0.1) is 0 Å². The summed E-state index contributed by atoms with van der Waals surface area (Å²) in [4.78, 5) is 0. The monoisotopic (exact) mass is 267 g/mol. The third-order valence-corrected chi connectivity index (χ3v) is 4.49. The molecule has 100 valence electrons. The molecule has 0 amide bonds. The standard InChI is InChI=1S/C14H21NO2S/c1-16-13-5-3-4-12(14(13)17-2)9-15-8-11-6-7-18-10-11/h3-5,11,15H,6-10H2,1-2H3. The molecule has 0 bridgehead atoms. The van der Waals surface area contributed by atoms with Gasteiger partial charge in [0, 0.05) is 12.1 Å². The third-order valence-electron chi connectivity index (χ3n) is 3.26. The van der Waals surface area contributed by atoms with Crippen molar-refractivity contribution in [3.05, 3.63) is 23.8 Å². The zero-order valence-electron chi connectivity index (χ0n) is 11.1. The van der Waals surface area contributed by atoms with Gasteiger partial charge in [-0.05, 0) is 36.5 Å². The molecule has 1 aliphatic heterocycles. The van der Waals surface area contributed by atoms with E-state index in [4.69, 9.17) is 9.47 Å². The summed E-state index contributed by atoms with van der Waals surface area (Å²) in [6.07, 6.45) is 1.34. The van der Waals surface area contributed by atoms with Crippen LogP contribution in [0.1, 0.15) is 12.0 Å². The molecular weight excluding hydrogens is 246 g/mol. The normalized spacial score (nSPS) is 18.9. The minimum absolute atomic E-state index is 0.799. The minimum Gasteiger partial charge on any atom is -0.493 e. The van der Waals surface area contributed by atoms with Gasteiger partial charge >= 0.3 is 0 Å². The Balaban J connectivity index is 1.91. The van der Waals surface area contributed by atoms with Crippen molar-refractivity contribution in [3.63, 3.8) is 0 Å². The Morgan fingerprint density at radius 1 is 1.33 bits per heavy atom. The van der Waals surface area contributed by atoms with Crippen LogP contribution >= 0.6 is 11.8 Å². The van der Waals surface area contributed by atoms with Gasteiger partial charge in [0.2, 0.25) is 0 Å². The van der Waals surface area contributed by atoms with Gasteiger partial charge in [0.25, 0.3) is 0 Å². The third kappa shape index (κ3) is 3.33. The summed E-state index contributed by atoms with van der Waals surface area (Å²) in [5.74, 6) is 5.07. The summed E-state index contributed by atoms with van der Waals surface area (Å²) in [5, 5.41) is 3.52. The van der Waals surface area contributed by atoms with Crippen molar-refractivity contribution in [1.29, 1.82) is 0 Å². The van der Waals surface area contributed by atoms with E-state index in [-0.39, 0.29) is 0 Å². The number of rotatable bonds is 6. The first-order valence-electron chi connectivity index (χ1n) is 6.33. The van der Waals surface area contributed by atoms with Crippen LogP contribution in [0, 0.1) is 5.92 Å². The van der Waals surface area contributed by atoms with Crippen LogP contribution in [0.25, 0.3) is 0 Å². The topological polar surface area (TPSA) is 30.5 Å². The second kappa shape index (κ2) is 6.90. The maximum atomic E-state index is 5.42. The first kappa shape index (κ1) is 13.6. The SMILES string of the molecule is COc1cccc(CNCC2CCSC2)c1OC. The van der Waals surface area contributed by atoms with Gasteiger partial charge in [-0.1, -0.05) is 12.1 Å². The highest BCUT2D eigenvalue weighted by Gasteiger charge is 2.15. The fourth-order valence-electron chi connectivity index (χ4n) is 2.25. The zero-order valence-corrected chi connectivity index (χ0v) is 11.9. The summed E-state index contributed by atoms with van der Waals surface area (Å²) in [7, 11) is 3.36. The van der Waals surface area contributed by atoms with E-state index in [1.807, 2.05) is 12.1 Å². The van der Waals surface area contributed by atoms with Crippen LogP contribution in [-0.2, 0) is 6.54 Å². The molecule has 0 aromatic heterocycles. The fourth-order valence-corrected chi connectivity index (χ4v) is 3.53. The van der Waals surface area contributed by atoms with Crippen molar-refractivity contribution in [1.82, 2.24) is 5.32 Å². The number of methoxy groups -OCH3 is 2. The largest absolute Gasteiger partial charge is 0.493 e. The molecule has 1 N–H and O–H groups in total. The molecule has 4 heteroatoms. The number of thioether (sulfide) groups is 1. The minimum atomic E-state index is 0.799. The Labute approximate surface area is 113 Å². The van der Waals surface area contributed by atoms with E-state index in [1.165, 1.54) is 17.9 Å². The molecule has 0 radical (unpaired) electrons. The molecule has 1 unspecified atom stereocenters. The predicted molar refractivity (Wildman–Crippen MR) is 76.7 cm³/mol. The van der Waals surface area contributed by atoms with Crippen LogP contribution in [0.3, 0.4) is 0 Å². The van der Waals surface area contributed by atoms with E-state index < -0.39 is 0 Å².